The molecule has 0 aliphatic heterocycles. The second-order valence-corrected chi connectivity index (χ2v) is 6.41. The van der Waals surface area contributed by atoms with E-state index in [1.165, 1.54) is 11.6 Å². The lowest BCUT2D eigenvalue weighted by Crippen LogP contribution is -2.26. The summed E-state index contributed by atoms with van der Waals surface area (Å²) in [6.45, 7) is 4.46. The number of carbonyl (C=O) groups excluding carboxylic acids is 1. The molecule has 1 aromatic carbocycles. The number of aliphatic hydroxyl groups excluding tert-OH is 1. The normalized spacial score (nSPS) is 12.7. The molecule has 0 radical (unpaired) electrons. The van der Waals surface area contributed by atoms with Gasteiger partial charge in [0, 0.05) is 17.5 Å². The van der Waals surface area contributed by atoms with E-state index < -0.39 is 6.10 Å². The molecule has 0 spiro atoms. The number of benzene rings is 1. The Kier molecular flexibility index (Phi) is 5.92. The van der Waals surface area contributed by atoms with Crippen molar-refractivity contribution in [2.75, 3.05) is 6.54 Å². The summed E-state index contributed by atoms with van der Waals surface area (Å²) >= 11 is 1.57. The molecule has 22 heavy (non-hydrogen) atoms. The van der Waals surface area contributed by atoms with Gasteiger partial charge in [-0.3, -0.25) is 4.79 Å². The first-order valence-corrected chi connectivity index (χ1v) is 8.21. The second-order valence-electron chi connectivity index (χ2n) is 5.43. The minimum Gasteiger partial charge on any atom is -0.387 e. The summed E-state index contributed by atoms with van der Waals surface area (Å²) in [4.78, 5) is 12.7. The lowest BCUT2D eigenvalue weighted by Gasteiger charge is -2.13. The molecule has 0 aliphatic carbocycles. The third-order valence-electron chi connectivity index (χ3n) is 3.40. The van der Waals surface area contributed by atoms with Crippen LogP contribution in [0, 0.1) is 0 Å². The van der Waals surface area contributed by atoms with Crippen LogP contribution < -0.4 is 5.32 Å². The van der Waals surface area contributed by atoms with Crippen molar-refractivity contribution in [2.24, 2.45) is 0 Å². The van der Waals surface area contributed by atoms with E-state index in [2.05, 4.69) is 19.2 Å². The highest BCUT2D eigenvalue weighted by Crippen LogP contribution is 2.18. The molecule has 3 nitrogen and oxygen atoms in total. The van der Waals surface area contributed by atoms with Gasteiger partial charge in [-0.1, -0.05) is 44.2 Å². The quantitative estimate of drug-likeness (QED) is 0.798. The zero-order valence-electron chi connectivity index (χ0n) is 12.8. The second kappa shape index (κ2) is 7.92. The molecule has 0 fully saturated rings. The maximum absolute atomic E-state index is 11.7. The molecule has 4 heteroatoms. The van der Waals surface area contributed by atoms with Gasteiger partial charge in [-0.25, -0.2) is 0 Å². The fourth-order valence-corrected chi connectivity index (χ4v) is 2.64. The van der Waals surface area contributed by atoms with Crippen molar-refractivity contribution < 1.29 is 9.90 Å². The van der Waals surface area contributed by atoms with E-state index in [9.17, 15) is 9.90 Å². The maximum Gasteiger partial charge on any atom is 0.244 e. The van der Waals surface area contributed by atoms with Gasteiger partial charge >= 0.3 is 0 Å². The predicted octanol–water partition coefficient (Wildman–Crippen LogP) is 3.73. The minimum absolute atomic E-state index is 0.203. The number of amides is 1. The molecule has 1 atom stereocenters. The van der Waals surface area contributed by atoms with Crippen LogP contribution >= 0.6 is 11.3 Å². The lowest BCUT2D eigenvalue weighted by atomic mass is 10.00. The Morgan fingerprint density at radius 1 is 1.23 bits per heavy atom. The molecule has 1 heterocycles. The topological polar surface area (TPSA) is 49.3 Å². The van der Waals surface area contributed by atoms with Gasteiger partial charge in [-0.05, 0) is 34.6 Å². The first-order valence-electron chi connectivity index (χ1n) is 7.33. The molecule has 2 rings (SSSR count). The summed E-state index contributed by atoms with van der Waals surface area (Å²) < 4.78 is 0. The van der Waals surface area contributed by atoms with Crippen LogP contribution in [0.25, 0.3) is 6.08 Å². The highest BCUT2D eigenvalue weighted by atomic mass is 32.1. The first-order chi connectivity index (χ1) is 10.6. The largest absolute Gasteiger partial charge is 0.387 e. The Balaban J connectivity index is 1.84. The Bertz CT molecular complexity index is 615. The average molecular weight is 315 g/mol. The van der Waals surface area contributed by atoms with Crippen molar-refractivity contribution in [3.63, 3.8) is 0 Å². The fourth-order valence-electron chi connectivity index (χ4n) is 2.02. The summed E-state index contributed by atoms with van der Waals surface area (Å²) in [6.07, 6.45) is 2.56. The van der Waals surface area contributed by atoms with Crippen molar-refractivity contribution >= 4 is 23.3 Å². The zero-order chi connectivity index (χ0) is 15.9. The van der Waals surface area contributed by atoms with Crippen LogP contribution in [0.3, 0.4) is 0 Å². The Morgan fingerprint density at radius 2 is 1.91 bits per heavy atom. The van der Waals surface area contributed by atoms with E-state index in [1.807, 2.05) is 41.8 Å². The molecule has 1 aromatic heterocycles. The summed E-state index contributed by atoms with van der Waals surface area (Å²) in [7, 11) is 0. The Hall–Kier alpha value is -1.91. The number of carbonyl (C=O) groups is 1. The van der Waals surface area contributed by atoms with Crippen molar-refractivity contribution in [2.45, 2.75) is 25.9 Å². The number of hydrogen-bond acceptors (Lipinski definition) is 3. The van der Waals surface area contributed by atoms with Gasteiger partial charge in [0.25, 0.3) is 0 Å². The molecule has 0 bridgehead atoms. The summed E-state index contributed by atoms with van der Waals surface area (Å²) in [5.74, 6) is 0.263. The highest BCUT2D eigenvalue weighted by molar-refractivity contribution is 7.10. The molecule has 2 aromatic rings. The van der Waals surface area contributed by atoms with Gasteiger partial charge < -0.3 is 10.4 Å². The van der Waals surface area contributed by atoms with E-state index in [4.69, 9.17) is 0 Å². The first kappa shape index (κ1) is 16.5. The van der Waals surface area contributed by atoms with Gasteiger partial charge in [0.15, 0.2) is 0 Å². The standard InChI is InChI=1S/C18H21NO2S/c1-13(2)14-5-7-15(8-6-14)17(20)12-19-18(21)10-9-16-4-3-11-22-16/h3-11,13,17,20H,12H2,1-2H3,(H,19,21)/b10-9+. The Labute approximate surface area is 135 Å². The maximum atomic E-state index is 11.7. The van der Waals surface area contributed by atoms with Gasteiger partial charge in [0.1, 0.15) is 0 Å². The van der Waals surface area contributed by atoms with Crippen molar-refractivity contribution in [1.82, 2.24) is 5.32 Å². The molecule has 0 saturated carbocycles. The third-order valence-corrected chi connectivity index (χ3v) is 4.24. The smallest absolute Gasteiger partial charge is 0.244 e. The molecule has 1 amide bonds. The van der Waals surface area contributed by atoms with E-state index >= 15 is 0 Å². The van der Waals surface area contributed by atoms with Crippen molar-refractivity contribution in [1.29, 1.82) is 0 Å². The van der Waals surface area contributed by atoms with Crippen LogP contribution in [0.4, 0.5) is 0 Å². The van der Waals surface area contributed by atoms with Crippen LogP contribution in [-0.4, -0.2) is 17.6 Å². The number of nitrogens with one attached hydrogen (secondary N) is 1. The Morgan fingerprint density at radius 3 is 2.50 bits per heavy atom. The number of thiophene rings is 1. The molecule has 116 valence electrons. The monoisotopic (exact) mass is 315 g/mol. The van der Waals surface area contributed by atoms with Crippen LogP contribution in [0.5, 0.6) is 0 Å². The van der Waals surface area contributed by atoms with Gasteiger partial charge in [-0.15, -0.1) is 11.3 Å². The molecular weight excluding hydrogens is 294 g/mol. The van der Waals surface area contributed by atoms with E-state index in [0.29, 0.717) is 5.92 Å². The molecule has 0 saturated heterocycles. The molecule has 1 unspecified atom stereocenters. The SMILES string of the molecule is CC(C)c1ccc(C(O)CNC(=O)/C=C/c2cccs2)cc1. The third kappa shape index (κ3) is 4.83. The molecular formula is C18H21NO2S. The van der Waals surface area contributed by atoms with Crippen LogP contribution in [0.1, 0.15) is 41.9 Å². The van der Waals surface area contributed by atoms with E-state index in [0.717, 1.165) is 10.4 Å². The molecule has 2 N–H and O–H groups in total. The average Bonchev–Trinajstić information content (AvgIpc) is 3.04. The number of rotatable bonds is 6. The zero-order valence-corrected chi connectivity index (χ0v) is 13.6. The lowest BCUT2D eigenvalue weighted by molar-refractivity contribution is -0.116. The number of hydrogen-bond donors (Lipinski definition) is 2. The summed E-state index contributed by atoms with van der Waals surface area (Å²) in [5.41, 5.74) is 2.05. The van der Waals surface area contributed by atoms with Crippen molar-refractivity contribution in [3.05, 3.63) is 63.9 Å². The summed E-state index contributed by atoms with van der Waals surface area (Å²) in [5, 5.41) is 14.8. The van der Waals surface area contributed by atoms with Crippen LogP contribution in [-0.2, 0) is 4.79 Å². The van der Waals surface area contributed by atoms with Crippen LogP contribution in [0.2, 0.25) is 0 Å². The van der Waals surface area contributed by atoms with Crippen LogP contribution in [0.15, 0.2) is 47.9 Å². The van der Waals surface area contributed by atoms with Crippen molar-refractivity contribution in [3.8, 4) is 0 Å². The van der Waals surface area contributed by atoms with Gasteiger partial charge in [-0.2, -0.15) is 0 Å². The summed E-state index contributed by atoms with van der Waals surface area (Å²) in [6, 6.07) is 11.7. The number of aliphatic hydroxyl groups is 1. The molecule has 0 aliphatic rings. The van der Waals surface area contributed by atoms with Gasteiger partial charge in [0.2, 0.25) is 5.91 Å². The predicted molar refractivity (Wildman–Crippen MR) is 91.9 cm³/mol. The highest BCUT2D eigenvalue weighted by Gasteiger charge is 2.09. The van der Waals surface area contributed by atoms with E-state index in [-0.39, 0.29) is 12.5 Å². The fraction of sp³-hybridized carbons (Fsp3) is 0.278. The minimum atomic E-state index is -0.694. The van der Waals surface area contributed by atoms with E-state index in [1.54, 1.807) is 17.4 Å². The van der Waals surface area contributed by atoms with Gasteiger partial charge in [0.05, 0.1) is 6.10 Å².